The molecule has 0 bridgehead atoms. The van der Waals surface area contributed by atoms with Crippen molar-refractivity contribution in [3.63, 3.8) is 0 Å². The van der Waals surface area contributed by atoms with Crippen LogP contribution < -0.4 is 0 Å². The van der Waals surface area contributed by atoms with Crippen LogP contribution in [0.4, 0.5) is 0 Å². The minimum atomic E-state index is -0.438. The van der Waals surface area contributed by atoms with Crippen LogP contribution in [0, 0.1) is 0 Å². The maximum Gasteiger partial charge on any atom is 0.312 e. The molecule has 2 heterocycles. The van der Waals surface area contributed by atoms with Crippen molar-refractivity contribution in [2.45, 2.75) is 13.0 Å². The molecule has 2 aromatic heterocycles. The second kappa shape index (κ2) is 8.73. The molecule has 0 saturated carbocycles. The van der Waals surface area contributed by atoms with E-state index in [4.69, 9.17) is 32.4 Å². The molecule has 0 saturated heterocycles. The van der Waals surface area contributed by atoms with E-state index in [9.17, 15) is 4.79 Å². The number of aromatic nitrogens is 3. The first kappa shape index (κ1) is 19.6. The summed E-state index contributed by atoms with van der Waals surface area (Å²) >= 11 is 13.5. The van der Waals surface area contributed by atoms with E-state index in [-0.39, 0.29) is 18.9 Å². The molecule has 6 nitrogen and oxygen atoms in total. The lowest BCUT2D eigenvalue weighted by atomic mass is 10.2. The van der Waals surface area contributed by atoms with Crippen molar-refractivity contribution in [3.8, 4) is 22.0 Å². The summed E-state index contributed by atoms with van der Waals surface area (Å²) < 4.78 is 10.7. The molecule has 0 amide bonds. The van der Waals surface area contributed by atoms with Gasteiger partial charge in [0.1, 0.15) is 5.01 Å². The van der Waals surface area contributed by atoms with Crippen LogP contribution >= 0.6 is 34.5 Å². The average Bonchev–Trinajstić information content (AvgIpc) is 3.37. The molecule has 0 atom stereocenters. The third-order valence-corrected chi connectivity index (χ3v) is 5.40. The maximum atomic E-state index is 12.1. The third kappa shape index (κ3) is 4.82. The standard InChI is InChI=1S/C20H13Cl2N3O3S/c21-13-7-5-12(6-8-13)19-25-24-17(28-19)10-27-18(26)9-14-11-29-20(23-14)15-3-1-2-4-16(15)22/h1-8,11H,9-10H2. The lowest BCUT2D eigenvalue weighted by Gasteiger charge is -2.00. The van der Waals surface area contributed by atoms with Gasteiger partial charge in [0.15, 0.2) is 6.61 Å². The van der Waals surface area contributed by atoms with E-state index < -0.39 is 5.97 Å². The fourth-order valence-corrected chi connectivity index (χ4v) is 3.77. The molecule has 146 valence electrons. The van der Waals surface area contributed by atoms with E-state index in [1.165, 1.54) is 11.3 Å². The Kier molecular flexibility index (Phi) is 5.89. The van der Waals surface area contributed by atoms with Crippen molar-refractivity contribution >= 4 is 40.5 Å². The first-order valence-corrected chi connectivity index (χ1v) is 10.2. The van der Waals surface area contributed by atoms with Crippen LogP contribution in [0.3, 0.4) is 0 Å². The fraction of sp³-hybridized carbons (Fsp3) is 0.100. The predicted octanol–water partition coefficient (Wildman–Crippen LogP) is 5.45. The summed E-state index contributed by atoms with van der Waals surface area (Å²) in [5, 5.41) is 11.6. The number of halogens is 2. The minimum Gasteiger partial charge on any atom is -0.455 e. The number of esters is 1. The van der Waals surface area contributed by atoms with Gasteiger partial charge in [-0.15, -0.1) is 21.5 Å². The van der Waals surface area contributed by atoms with Gasteiger partial charge in [0.25, 0.3) is 5.89 Å². The van der Waals surface area contributed by atoms with E-state index in [0.29, 0.717) is 21.6 Å². The number of carbonyl (C=O) groups excluding carboxylic acids is 1. The Morgan fingerprint density at radius 3 is 2.66 bits per heavy atom. The van der Waals surface area contributed by atoms with Gasteiger partial charge in [-0.05, 0) is 30.3 Å². The molecule has 0 aliphatic carbocycles. The Bertz CT molecular complexity index is 1140. The van der Waals surface area contributed by atoms with Crippen LogP contribution in [-0.4, -0.2) is 21.2 Å². The summed E-state index contributed by atoms with van der Waals surface area (Å²) in [7, 11) is 0. The zero-order chi connectivity index (χ0) is 20.2. The highest BCUT2D eigenvalue weighted by molar-refractivity contribution is 7.13. The second-order valence-electron chi connectivity index (χ2n) is 5.97. The number of ether oxygens (including phenoxy) is 1. The molecule has 0 radical (unpaired) electrons. The quantitative estimate of drug-likeness (QED) is 0.367. The molecule has 0 N–H and O–H groups in total. The summed E-state index contributed by atoms with van der Waals surface area (Å²) in [5.41, 5.74) is 2.18. The number of hydrogen-bond acceptors (Lipinski definition) is 7. The number of nitrogens with zero attached hydrogens (tertiary/aromatic N) is 3. The van der Waals surface area contributed by atoms with Crippen molar-refractivity contribution in [3.05, 3.63) is 75.5 Å². The van der Waals surface area contributed by atoms with Gasteiger partial charge in [-0.25, -0.2) is 4.98 Å². The maximum absolute atomic E-state index is 12.1. The van der Waals surface area contributed by atoms with Crippen molar-refractivity contribution in [1.29, 1.82) is 0 Å². The SMILES string of the molecule is O=C(Cc1csc(-c2ccccc2Cl)n1)OCc1nnc(-c2ccc(Cl)cc2)o1. The zero-order valence-electron chi connectivity index (χ0n) is 14.8. The molecule has 0 aliphatic rings. The van der Waals surface area contributed by atoms with Crippen LogP contribution in [-0.2, 0) is 22.6 Å². The smallest absolute Gasteiger partial charge is 0.312 e. The Morgan fingerprint density at radius 2 is 1.86 bits per heavy atom. The van der Waals surface area contributed by atoms with Gasteiger partial charge in [-0.3, -0.25) is 4.79 Å². The molecule has 0 fully saturated rings. The number of hydrogen-bond donors (Lipinski definition) is 0. The highest BCUT2D eigenvalue weighted by atomic mass is 35.5. The molecule has 9 heteroatoms. The Balaban J connectivity index is 1.34. The molecule has 29 heavy (non-hydrogen) atoms. The molecule has 4 aromatic rings. The average molecular weight is 446 g/mol. The molecule has 4 rings (SSSR count). The summed E-state index contributed by atoms with van der Waals surface area (Å²) in [6.45, 7) is -0.110. The van der Waals surface area contributed by atoms with Crippen LogP contribution in [0.25, 0.3) is 22.0 Å². The van der Waals surface area contributed by atoms with Crippen LogP contribution in [0.2, 0.25) is 10.0 Å². The van der Waals surface area contributed by atoms with E-state index >= 15 is 0 Å². The zero-order valence-corrected chi connectivity index (χ0v) is 17.2. The number of benzene rings is 2. The van der Waals surface area contributed by atoms with Crippen molar-refractivity contribution < 1.29 is 13.9 Å². The molecule has 2 aromatic carbocycles. The molecular weight excluding hydrogens is 433 g/mol. The normalized spacial score (nSPS) is 10.8. The molecule has 0 spiro atoms. The Labute approximate surface area is 180 Å². The molecular formula is C20H13Cl2N3O3S. The van der Waals surface area contributed by atoms with Gasteiger partial charge < -0.3 is 9.15 Å². The molecule has 0 aliphatic heterocycles. The number of carbonyl (C=O) groups is 1. The van der Waals surface area contributed by atoms with Crippen LogP contribution in [0.15, 0.2) is 58.3 Å². The number of rotatable bonds is 6. The van der Waals surface area contributed by atoms with Gasteiger partial charge in [0.2, 0.25) is 5.89 Å². The van der Waals surface area contributed by atoms with Crippen LogP contribution in [0.5, 0.6) is 0 Å². The Hall–Kier alpha value is -2.74. The summed E-state index contributed by atoms with van der Waals surface area (Å²) in [4.78, 5) is 16.6. The van der Waals surface area contributed by atoms with Crippen molar-refractivity contribution in [2.75, 3.05) is 0 Å². The highest BCUT2D eigenvalue weighted by Crippen LogP contribution is 2.30. The topological polar surface area (TPSA) is 78.1 Å². The van der Waals surface area contributed by atoms with E-state index in [1.54, 1.807) is 30.3 Å². The van der Waals surface area contributed by atoms with E-state index in [1.807, 2.05) is 23.6 Å². The summed E-state index contributed by atoms with van der Waals surface area (Å²) in [6.07, 6.45) is 0.0408. The van der Waals surface area contributed by atoms with Gasteiger partial charge in [0, 0.05) is 21.5 Å². The highest BCUT2D eigenvalue weighted by Gasteiger charge is 2.14. The predicted molar refractivity (Wildman–Crippen MR) is 111 cm³/mol. The van der Waals surface area contributed by atoms with Gasteiger partial charge >= 0.3 is 5.97 Å². The lowest BCUT2D eigenvalue weighted by Crippen LogP contribution is -2.08. The van der Waals surface area contributed by atoms with E-state index in [0.717, 1.165) is 16.1 Å². The van der Waals surface area contributed by atoms with Gasteiger partial charge in [-0.1, -0.05) is 41.4 Å². The van der Waals surface area contributed by atoms with Gasteiger partial charge in [-0.2, -0.15) is 0 Å². The lowest BCUT2D eigenvalue weighted by molar-refractivity contribution is -0.144. The monoisotopic (exact) mass is 445 g/mol. The van der Waals surface area contributed by atoms with Gasteiger partial charge in [0.05, 0.1) is 17.1 Å². The fourth-order valence-electron chi connectivity index (χ4n) is 2.51. The van der Waals surface area contributed by atoms with E-state index in [2.05, 4.69) is 15.2 Å². The number of thiazole rings is 1. The summed E-state index contributed by atoms with van der Waals surface area (Å²) in [6, 6.07) is 14.4. The largest absolute Gasteiger partial charge is 0.455 e. The minimum absolute atomic E-state index is 0.0408. The first-order valence-electron chi connectivity index (χ1n) is 8.52. The second-order valence-corrected chi connectivity index (χ2v) is 7.67. The first-order chi connectivity index (χ1) is 14.1. The van der Waals surface area contributed by atoms with Crippen molar-refractivity contribution in [1.82, 2.24) is 15.2 Å². The third-order valence-electron chi connectivity index (χ3n) is 3.90. The molecule has 0 unspecified atom stereocenters. The van der Waals surface area contributed by atoms with Crippen molar-refractivity contribution in [2.24, 2.45) is 0 Å². The Morgan fingerprint density at radius 1 is 1.07 bits per heavy atom. The van der Waals surface area contributed by atoms with Crippen LogP contribution in [0.1, 0.15) is 11.6 Å². The summed E-state index contributed by atoms with van der Waals surface area (Å²) in [5.74, 6) is 0.0992.